The van der Waals surface area contributed by atoms with Crippen molar-refractivity contribution in [1.29, 1.82) is 5.26 Å². The Hall–Kier alpha value is -4.23. The van der Waals surface area contributed by atoms with Crippen LogP contribution in [0, 0.1) is 11.3 Å². The topological polar surface area (TPSA) is 66.9 Å². The van der Waals surface area contributed by atoms with Crippen molar-refractivity contribution < 1.29 is 4.42 Å². The van der Waals surface area contributed by atoms with E-state index in [0.717, 1.165) is 27.5 Å². The number of nitrogens with zero attached hydrogens (tertiary/aromatic N) is 2. The lowest BCUT2D eigenvalue weighted by molar-refractivity contribution is 0.568. The molecule has 4 nitrogen and oxygen atoms in total. The van der Waals surface area contributed by atoms with E-state index < -0.39 is 5.63 Å². The predicted molar refractivity (Wildman–Crippen MR) is 113 cm³/mol. The summed E-state index contributed by atoms with van der Waals surface area (Å²) in [6, 6.07) is 28.7. The van der Waals surface area contributed by atoms with Gasteiger partial charge in [-0.3, -0.25) is 0 Å². The van der Waals surface area contributed by atoms with Crippen LogP contribution in [-0.2, 0) is 0 Å². The number of aromatic nitrogens is 1. The van der Waals surface area contributed by atoms with E-state index in [-0.39, 0.29) is 0 Å². The van der Waals surface area contributed by atoms with Crippen molar-refractivity contribution >= 4 is 21.9 Å². The van der Waals surface area contributed by atoms with Crippen molar-refractivity contribution in [2.45, 2.75) is 0 Å². The first kappa shape index (κ1) is 16.9. The molecule has 0 saturated carbocycles. The van der Waals surface area contributed by atoms with E-state index in [2.05, 4.69) is 11.1 Å². The van der Waals surface area contributed by atoms with Gasteiger partial charge in [0.2, 0.25) is 0 Å². The molecule has 0 aliphatic carbocycles. The van der Waals surface area contributed by atoms with Crippen LogP contribution in [0.5, 0.6) is 0 Å². The molecule has 2 aromatic heterocycles. The van der Waals surface area contributed by atoms with Gasteiger partial charge in [-0.05, 0) is 35.4 Å². The second-order valence-electron chi connectivity index (χ2n) is 6.72. The summed E-state index contributed by atoms with van der Waals surface area (Å²) < 4.78 is 5.53. The smallest absolute Gasteiger partial charge is 0.363 e. The van der Waals surface area contributed by atoms with Gasteiger partial charge in [0.15, 0.2) is 5.52 Å². The average molecular weight is 374 g/mol. The van der Waals surface area contributed by atoms with Gasteiger partial charge in [-0.15, -0.1) is 0 Å². The van der Waals surface area contributed by atoms with Crippen LogP contribution in [-0.4, -0.2) is 4.98 Å². The summed E-state index contributed by atoms with van der Waals surface area (Å²) in [6.45, 7) is 0. The molecule has 0 aliphatic heterocycles. The molecule has 0 fully saturated rings. The molecule has 0 spiro atoms. The fourth-order valence-electron chi connectivity index (χ4n) is 3.58. The molecule has 0 radical (unpaired) electrons. The fourth-order valence-corrected chi connectivity index (χ4v) is 3.58. The molecule has 0 aliphatic rings. The quantitative estimate of drug-likeness (QED) is 0.300. The normalized spacial score (nSPS) is 10.9. The van der Waals surface area contributed by atoms with Crippen molar-refractivity contribution in [3.8, 4) is 28.5 Å². The van der Waals surface area contributed by atoms with Crippen molar-refractivity contribution in [3.05, 3.63) is 101 Å². The lowest BCUT2D eigenvalue weighted by atomic mass is 9.96. The number of para-hydroxylation sites is 1. The maximum atomic E-state index is 12.8. The number of rotatable bonds is 2. The van der Waals surface area contributed by atoms with Gasteiger partial charge in [0.1, 0.15) is 5.58 Å². The van der Waals surface area contributed by atoms with Crippen molar-refractivity contribution in [1.82, 2.24) is 4.98 Å². The van der Waals surface area contributed by atoms with Crippen LogP contribution in [0.25, 0.3) is 44.3 Å². The zero-order chi connectivity index (χ0) is 19.8. The molecule has 29 heavy (non-hydrogen) atoms. The number of hydrogen-bond acceptors (Lipinski definition) is 4. The third kappa shape index (κ3) is 2.86. The lowest BCUT2D eigenvalue weighted by Crippen LogP contribution is -2.04. The van der Waals surface area contributed by atoms with E-state index in [0.29, 0.717) is 22.4 Å². The summed E-state index contributed by atoms with van der Waals surface area (Å²) >= 11 is 0. The van der Waals surface area contributed by atoms with Crippen LogP contribution >= 0.6 is 0 Å². The van der Waals surface area contributed by atoms with Crippen LogP contribution in [0.2, 0.25) is 0 Å². The van der Waals surface area contributed by atoms with Gasteiger partial charge >= 0.3 is 5.63 Å². The van der Waals surface area contributed by atoms with E-state index in [1.54, 1.807) is 18.2 Å². The minimum Gasteiger partial charge on any atom is -0.421 e. The Kier molecular flexibility index (Phi) is 3.93. The third-order valence-electron chi connectivity index (χ3n) is 4.97. The second-order valence-corrected chi connectivity index (χ2v) is 6.72. The second kappa shape index (κ2) is 6.74. The zero-order valence-corrected chi connectivity index (χ0v) is 15.3. The predicted octanol–water partition coefficient (Wildman–Crippen LogP) is 5.55. The summed E-state index contributed by atoms with van der Waals surface area (Å²) in [5.41, 5.74) is 4.33. The van der Waals surface area contributed by atoms with Crippen molar-refractivity contribution in [2.24, 2.45) is 0 Å². The SMILES string of the molecule is N#Cc1ccc(-c2cc(-c3ccccc3)c3c(n2)c(=O)oc2ccccc23)cc1. The number of benzene rings is 3. The molecule has 2 heterocycles. The summed E-state index contributed by atoms with van der Waals surface area (Å²) in [5, 5.41) is 10.7. The molecule has 5 rings (SSSR count). The van der Waals surface area contributed by atoms with Gasteiger partial charge in [-0.25, -0.2) is 9.78 Å². The number of hydrogen-bond donors (Lipinski definition) is 0. The first-order valence-electron chi connectivity index (χ1n) is 9.17. The Morgan fingerprint density at radius 2 is 1.55 bits per heavy atom. The number of fused-ring (bicyclic) bond motifs is 3. The van der Waals surface area contributed by atoms with Crippen LogP contribution in [0.15, 0.2) is 94.1 Å². The number of pyridine rings is 1. The summed E-state index contributed by atoms with van der Waals surface area (Å²) in [7, 11) is 0. The van der Waals surface area contributed by atoms with E-state index in [4.69, 9.17) is 9.68 Å². The van der Waals surface area contributed by atoms with Gasteiger partial charge in [0.25, 0.3) is 0 Å². The van der Waals surface area contributed by atoms with Crippen molar-refractivity contribution in [2.75, 3.05) is 0 Å². The third-order valence-corrected chi connectivity index (χ3v) is 4.97. The summed E-state index contributed by atoms with van der Waals surface area (Å²) in [4.78, 5) is 17.4. The highest BCUT2D eigenvalue weighted by atomic mass is 16.4. The Morgan fingerprint density at radius 1 is 0.828 bits per heavy atom. The van der Waals surface area contributed by atoms with E-state index in [1.165, 1.54) is 0 Å². The minimum absolute atomic E-state index is 0.296. The molecule has 0 atom stereocenters. The first-order valence-corrected chi connectivity index (χ1v) is 9.17. The molecular weight excluding hydrogens is 360 g/mol. The fraction of sp³-hybridized carbons (Fsp3) is 0. The van der Waals surface area contributed by atoms with E-state index >= 15 is 0 Å². The molecular formula is C25H14N2O2. The molecule has 4 heteroatoms. The highest BCUT2D eigenvalue weighted by Crippen LogP contribution is 2.35. The van der Waals surface area contributed by atoms with Gasteiger partial charge in [0, 0.05) is 16.3 Å². The van der Waals surface area contributed by atoms with Crippen molar-refractivity contribution in [3.63, 3.8) is 0 Å². The Bertz CT molecular complexity index is 1460. The van der Waals surface area contributed by atoms with E-state index in [1.807, 2.05) is 66.7 Å². The molecule has 0 amide bonds. The molecule has 5 aromatic rings. The summed E-state index contributed by atoms with van der Waals surface area (Å²) in [6.07, 6.45) is 0. The molecule has 0 unspecified atom stereocenters. The lowest BCUT2D eigenvalue weighted by Gasteiger charge is -2.12. The first-order chi connectivity index (χ1) is 14.2. The van der Waals surface area contributed by atoms with Gasteiger partial charge in [-0.1, -0.05) is 60.7 Å². The monoisotopic (exact) mass is 374 g/mol. The van der Waals surface area contributed by atoms with Crippen LogP contribution in [0.1, 0.15) is 5.56 Å². The molecule has 0 saturated heterocycles. The largest absolute Gasteiger partial charge is 0.421 e. The standard InChI is InChI=1S/C25H14N2O2/c26-15-16-10-12-18(13-11-16)21-14-20(17-6-2-1-3-7-17)23-19-8-4-5-9-22(19)29-25(28)24(23)27-21/h1-14H. The van der Waals surface area contributed by atoms with Crippen LogP contribution in [0.3, 0.4) is 0 Å². The Morgan fingerprint density at radius 3 is 2.31 bits per heavy atom. The minimum atomic E-state index is -0.466. The number of nitriles is 1. The Balaban J connectivity index is 1.91. The molecule has 136 valence electrons. The maximum absolute atomic E-state index is 12.8. The highest BCUT2D eigenvalue weighted by Gasteiger charge is 2.16. The van der Waals surface area contributed by atoms with Crippen LogP contribution in [0.4, 0.5) is 0 Å². The van der Waals surface area contributed by atoms with Crippen LogP contribution < -0.4 is 5.63 Å². The molecule has 0 N–H and O–H groups in total. The van der Waals surface area contributed by atoms with Gasteiger partial charge in [-0.2, -0.15) is 5.26 Å². The average Bonchev–Trinajstić information content (AvgIpc) is 2.79. The molecule has 3 aromatic carbocycles. The Labute approximate surface area is 166 Å². The zero-order valence-electron chi connectivity index (χ0n) is 15.3. The molecule has 0 bridgehead atoms. The van der Waals surface area contributed by atoms with Gasteiger partial charge in [0.05, 0.1) is 17.3 Å². The summed E-state index contributed by atoms with van der Waals surface area (Å²) in [5.74, 6) is 0. The maximum Gasteiger partial charge on any atom is 0.363 e. The van der Waals surface area contributed by atoms with Gasteiger partial charge < -0.3 is 4.42 Å². The van der Waals surface area contributed by atoms with E-state index in [9.17, 15) is 4.79 Å². The highest BCUT2D eigenvalue weighted by molar-refractivity contribution is 6.11.